The first-order valence-electron chi connectivity index (χ1n) is 19.7. The molecule has 8 aromatic rings. The van der Waals surface area contributed by atoms with Crippen molar-refractivity contribution >= 4 is 86.5 Å². The fraction of sp³-hybridized carbons (Fsp3) is 0.273. The summed E-state index contributed by atoms with van der Waals surface area (Å²) in [4.78, 5) is 39.6. The Morgan fingerprint density at radius 2 is 1.10 bits per heavy atom. The van der Waals surface area contributed by atoms with Gasteiger partial charge in [0, 0.05) is 59.5 Å². The lowest BCUT2D eigenvalue weighted by Crippen LogP contribution is -2.34. The third-order valence-corrected chi connectivity index (χ3v) is 14.8. The number of hydrogen-bond acceptors (Lipinski definition) is 12. The minimum absolute atomic E-state index is 0.198. The van der Waals surface area contributed by atoms with Crippen molar-refractivity contribution in [2.75, 3.05) is 36.0 Å². The minimum atomic E-state index is -4.31. The van der Waals surface area contributed by atoms with Gasteiger partial charge in [-0.25, -0.2) is 19.6 Å². The van der Waals surface area contributed by atoms with Crippen molar-refractivity contribution < 1.29 is 21.8 Å². The molecule has 4 aliphatic heterocycles. The molecule has 12 rings (SSSR count). The summed E-state index contributed by atoms with van der Waals surface area (Å²) in [6.07, 6.45) is 8.49. The predicted octanol–water partition coefficient (Wildman–Crippen LogP) is 8.78. The normalized spacial score (nSPS) is 16.1. The number of hydrogen-bond donors (Lipinski definition) is 1. The van der Waals surface area contributed by atoms with Crippen molar-refractivity contribution in [1.29, 1.82) is 0 Å². The van der Waals surface area contributed by atoms with E-state index in [1.54, 1.807) is 11.3 Å². The molecule has 0 fully saturated rings. The number of fused-ring (bicyclic) bond motifs is 6. The molecule has 14 heteroatoms. The highest BCUT2D eigenvalue weighted by atomic mass is 32.2. The van der Waals surface area contributed by atoms with Crippen LogP contribution in [0.15, 0.2) is 90.0 Å². The average molecular weight is 829 g/mol. The summed E-state index contributed by atoms with van der Waals surface area (Å²) in [6.45, 7) is 4.31. The Labute approximate surface area is 339 Å². The number of nitrogens with zero attached hydrogens (tertiary/aromatic N) is 4. The Balaban J connectivity index is 0.000000134. The van der Waals surface area contributed by atoms with Gasteiger partial charge in [0.05, 0.1) is 36.5 Å². The predicted molar refractivity (Wildman–Crippen MR) is 230 cm³/mol. The van der Waals surface area contributed by atoms with Gasteiger partial charge in [0.25, 0.3) is 10.1 Å². The Morgan fingerprint density at radius 1 is 0.603 bits per heavy atom. The molecule has 4 aromatic heterocycles. The van der Waals surface area contributed by atoms with Gasteiger partial charge in [-0.15, -0.1) is 22.7 Å². The van der Waals surface area contributed by atoms with Gasteiger partial charge in [0.15, 0.2) is 0 Å². The molecule has 8 heterocycles. The highest BCUT2D eigenvalue weighted by Crippen LogP contribution is 2.42. The Kier molecular flexibility index (Phi) is 8.37. The second-order valence-corrected chi connectivity index (χ2v) is 18.9. The number of aromatic nitrogens is 2. The molecule has 0 saturated heterocycles. The van der Waals surface area contributed by atoms with Crippen LogP contribution in [0.3, 0.4) is 0 Å². The van der Waals surface area contributed by atoms with Crippen molar-refractivity contribution in [2.24, 2.45) is 0 Å². The fourth-order valence-corrected chi connectivity index (χ4v) is 11.9. The van der Waals surface area contributed by atoms with E-state index in [9.17, 15) is 22.6 Å². The highest BCUT2D eigenvalue weighted by Gasteiger charge is 2.29. The van der Waals surface area contributed by atoms with Crippen molar-refractivity contribution in [1.82, 2.24) is 9.97 Å². The fourth-order valence-electron chi connectivity index (χ4n) is 9.36. The van der Waals surface area contributed by atoms with Crippen LogP contribution in [0.4, 0.5) is 11.4 Å². The summed E-state index contributed by atoms with van der Waals surface area (Å²) in [5, 5.41) is 3.12. The Bertz CT molecular complexity index is 3220. The standard InChI is InChI=1S/C22H18N2O5S2.C22H18N2O2S/c25-22-16(21-23-17-6-5-14(31(26,27)28)11-18(17)30-21)10-13-9-12-3-1-7-24-8-2-4-15(19(12)24)20(13)29-22;25-22-16(21-23-17-7-1-2-8-18(17)27-21)12-14-11-13-5-3-9-24-10-4-6-15(19(13)24)20(14)26-22/h5-6,9-11H,1-4,7-8H2,(H,26,27,28);1-2,7-8,11-12H,3-6,9-10H2. The van der Waals surface area contributed by atoms with Gasteiger partial charge in [0.1, 0.15) is 21.2 Å². The number of anilines is 2. The van der Waals surface area contributed by atoms with Crippen molar-refractivity contribution in [3.05, 3.63) is 110 Å². The molecule has 0 spiro atoms. The first-order valence-corrected chi connectivity index (χ1v) is 22.7. The molecular weight excluding hydrogens is 793 g/mol. The van der Waals surface area contributed by atoms with Crippen LogP contribution in [0.25, 0.3) is 63.5 Å². The second-order valence-electron chi connectivity index (χ2n) is 15.5. The van der Waals surface area contributed by atoms with Gasteiger partial charge in [-0.2, -0.15) is 8.42 Å². The van der Waals surface area contributed by atoms with Crippen LogP contribution in [-0.4, -0.2) is 49.1 Å². The molecule has 0 saturated carbocycles. The van der Waals surface area contributed by atoms with Gasteiger partial charge in [0.2, 0.25) is 0 Å². The first-order chi connectivity index (χ1) is 28.2. The number of aryl methyl sites for hydroxylation is 4. The van der Waals surface area contributed by atoms with Gasteiger partial charge in [-0.1, -0.05) is 12.1 Å². The quantitative estimate of drug-likeness (QED) is 0.135. The molecule has 0 aliphatic carbocycles. The molecule has 1 N–H and O–H groups in total. The molecule has 0 atom stereocenters. The van der Waals surface area contributed by atoms with Gasteiger partial charge >= 0.3 is 11.3 Å². The summed E-state index contributed by atoms with van der Waals surface area (Å²) < 4.78 is 45.5. The maximum Gasteiger partial charge on any atom is 0.346 e. The number of benzene rings is 4. The van der Waals surface area contributed by atoms with Crippen LogP contribution in [0.5, 0.6) is 0 Å². The summed E-state index contributed by atoms with van der Waals surface area (Å²) in [5.74, 6) is 0. The lowest BCUT2D eigenvalue weighted by molar-refractivity contribution is 0.483. The SMILES string of the molecule is O=c1oc2c3c4c(cc2cc1-c1nc2ccc(S(=O)(=O)O)cc2s1)CCCN4CCC3.O=c1oc2c3c4c(cc2cc1-c1nc2ccccc2s1)CCCN4CCC3. The Morgan fingerprint density at radius 3 is 1.64 bits per heavy atom. The van der Waals surface area contributed by atoms with E-state index < -0.39 is 15.7 Å². The van der Waals surface area contributed by atoms with Crippen LogP contribution in [0.1, 0.15) is 47.9 Å². The number of para-hydroxylation sites is 1. The number of thiazole rings is 2. The molecule has 4 aliphatic rings. The summed E-state index contributed by atoms with van der Waals surface area (Å²) in [5.41, 5.74) is 10.7. The Hall–Kier alpha value is -5.41. The van der Waals surface area contributed by atoms with E-state index in [4.69, 9.17) is 8.83 Å². The van der Waals surface area contributed by atoms with E-state index >= 15 is 0 Å². The molecule has 4 aromatic carbocycles. The van der Waals surface area contributed by atoms with Crippen LogP contribution in [0, 0.1) is 0 Å². The summed E-state index contributed by atoms with van der Waals surface area (Å²) in [6, 6.07) is 20.4. The van der Waals surface area contributed by atoms with Crippen molar-refractivity contribution in [3.8, 4) is 21.1 Å². The van der Waals surface area contributed by atoms with Gasteiger partial charge in [-0.3, -0.25) is 4.55 Å². The van der Waals surface area contributed by atoms with E-state index in [1.165, 1.54) is 64.0 Å². The molecule has 0 unspecified atom stereocenters. The monoisotopic (exact) mass is 828 g/mol. The zero-order valence-electron chi connectivity index (χ0n) is 31.2. The van der Waals surface area contributed by atoms with Crippen LogP contribution >= 0.6 is 22.7 Å². The molecule has 0 amide bonds. The minimum Gasteiger partial charge on any atom is -0.422 e. The van der Waals surface area contributed by atoms with Crippen molar-refractivity contribution in [2.45, 2.75) is 56.3 Å². The van der Waals surface area contributed by atoms with E-state index in [2.05, 4.69) is 31.9 Å². The molecule has 0 bridgehead atoms. The largest absolute Gasteiger partial charge is 0.422 e. The maximum absolute atomic E-state index is 12.9. The van der Waals surface area contributed by atoms with E-state index in [0.717, 1.165) is 108 Å². The maximum atomic E-state index is 12.9. The molecule has 0 radical (unpaired) electrons. The van der Waals surface area contributed by atoms with Gasteiger partial charge < -0.3 is 18.6 Å². The van der Waals surface area contributed by atoms with E-state index in [1.807, 2.05) is 36.4 Å². The zero-order valence-corrected chi connectivity index (χ0v) is 33.7. The zero-order chi connectivity index (χ0) is 39.3. The van der Waals surface area contributed by atoms with Gasteiger partial charge in [-0.05, 0) is 117 Å². The molecule has 11 nitrogen and oxygen atoms in total. The molecule has 58 heavy (non-hydrogen) atoms. The molecular formula is C44H36N4O7S3. The number of rotatable bonds is 3. The third-order valence-electron chi connectivity index (χ3n) is 11.8. The molecule has 292 valence electrons. The van der Waals surface area contributed by atoms with Crippen LogP contribution in [-0.2, 0) is 35.8 Å². The first kappa shape index (κ1) is 35.7. The highest BCUT2D eigenvalue weighted by molar-refractivity contribution is 7.85. The summed E-state index contributed by atoms with van der Waals surface area (Å²) >= 11 is 2.74. The van der Waals surface area contributed by atoms with Crippen LogP contribution in [0.2, 0.25) is 0 Å². The summed E-state index contributed by atoms with van der Waals surface area (Å²) in [7, 11) is -4.31. The van der Waals surface area contributed by atoms with Crippen molar-refractivity contribution in [3.63, 3.8) is 0 Å². The second kappa shape index (κ2) is 13.6. The lowest BCUT2D eigenvalue weighted by atomic mass is 9.90. The smallest absolute Gasteiger partial charge is 0.346 e. The average Bonchev–Trinajstić information content (AvgIpc) is 3.86. The lowest BCUT2D eigenvalue weighted by Gasteiger charge is -2.37. The topological polar surface area (TPSA) is 147 Å². The van der Waals surface area contributed by atoms with E-state index in [-0.39, 0.29) is 10.5 Å². The van der Waals surface area contributed by atoms with E-state index in [0.29, 0.717) is 31.9 Å². The van der Waals surface area contributed by atoms with Crippen LogP contribution < -0.4 is 21.1 Å². The third kappa shape index (κ3) is 5.95.